The fourth-order valence-electron chi connectivity index (χ4n) is 3.28. The van der Waals surface area contributed by atoms with Crippen LogP contribution < -0.4 is 9.62 Å². The molecule has 2 aliphatic heterocycles. The molecule has 1 aromatic carbocycles. The zero-order chi connectivity index (χ0) is 18.4. The Balaban J connectivity index is 1.94. The van der Waals surface area contributed by atoms with E-state index >= 15 is 0 Å². The quantitative estimate of drug-likeness (QED) is 0.831. The predicted octanol–water partition coefficient (Wildman–Crippen LogP) is 2.08. The van der Waals surface area contributed by atoms with Crippen LogP contribution in [-0.2, 0) is 14.8 Å². The number of imide groups is 1. The number of rotatable bonds is 3. The van der Waals surface area contributed by atoms with Gasteiger partial charge in [0, 0.05) is 12.1 Å². The van der Waals surface area contributed by atoms with E-state index in [1.165, 1.54) is 12.1 Å². The fourth-order valence-corrected chi connectivity index (χ4v) is 4.74. The van der Waals surface area contributed by atoms with Gasteiger partial charge in [-0.2, -0.15) is 0 Å². The molecule has 2 heterocycles. The largest absolute Gasteiger partial charge is 0.332 e. The molecule has 0 aliphatic carbocycles. The van der Waals surface area contributed by atoms with E-state index in [4.69, 9.17) is 0 Å². The minimum absolute atomic E-state index is 0.0328. The molecule has 1 N–H and O–H groups in total. The lowest BCUT2D eigenvalue weighted by molar-refractivity contribution is -0.120. The topological polar surface area (TPSA) is 86.8 Å². The van der Waals surface area contributed by atoms with Crippen LogP contribution in [0.3, 0.4) is 0 Å². The number of hydrogen-bond donors (Lipinski definition) is 1. The van der Waals surface area contributed by atoms with Crippen LogP contribution >= 0.6 is 0 Å². The molecule has 0 aromatic heterocycles. The molecule has 1 atom stereocenters. The normalized spacial score (nSPS) is 21.6. The first-order valence-electron chi connectivity index (χ1n) is 8.39. The van der Waals surface area contributed by atoms with Gasteiger partial charge in [0.25, 0.3) is 5.91 Å². The Labute approximate surface area is 148 Å². The number of nitrogens with one attached hydrogen (secondary N) is 1. The highest BCUT2D eigenvalue weighted by molar-refractivity contribution is 7.89. The number of fused-ring (bicyclic) bond motifs is 1. The molecule has 0 bridgehead atoms. The van der Waals surface area contributed by atoms with Crippen LogP contribution in [0.2, 0.25) is 0 Å². The van der Waals surface area contributed by atoms with Crippen LogP contribution in [-0.4, -0.2) is 43.4 Å². The molecule has 2 fully saturated rings. The van der Waals surface area contributed by atoms with E-state index < -0.39 is 21.6 Å². The second kappa shape index (κ2) is 6.10. The van der Waals surface area contributed by atoms with Crippen molar-refractivity contribution in [2.45, 2.75) is 56.5 Å². The summed E-state index contributed by atoms with van der Waals surface area (Å²) in [6.07, 6.45) is 2.45. The molecule has 1 aromatic rings. The molecule has 3 rings (SSSR count). The molecule has 0 saturated carbocycles. The van der Waals surface area contributed by atoms with Crippen molar-refractivity contribution < 1.29 is 18.0 Å². The minimum Gasteiger partial charge on any atom is -0.312 e. The van der Waals surface area contributed by atoms with Gasteiger partial charge in [0.1, 0.15) is 6.04 Å². The molecule has 2 aliphatic rings. The Morgan fingerprint density at radius 2 is 1.88 bits per heavy atom. The van der Waals surface area contributed by atoms with Gasteiger partial charge in [0.05, 0.1) is 10.6 Å². The summed E-state index contributed by atoms with van der Waals surface area (Å²) in [7, 11) is -3.74. The van der Waals surface area contributed by atoms with Crippen LogP contribution in [0.1, 0.15) is 40.0 Å². The first-order valence-corrected chi connectivity index (χ1v) is 9.87. The van der Waals surface area contributed by atoms with E-state index in [9.17, 15) is 18.0 Å². The molecule has 136 valence electrons. The molecular weight excluding hydrogens is 342 g/mol. The molecule has 0 unspecified atom stereocenters. The Bertz CT molecular complexity index is 789. The number of sulfonamides is 1. The van der Waals surface area contributed by atoms with Crippen LogP contribution in [0.25, 0.3) is 0 Å². The number of nitrogens with zero attached hydrogens (tertiary/aromatic N) is 2. The van der Waals surface area contributed by atoms with Gasteiger partial charge in [0.2, 0.25) is 10.0 Å². The average molecular weight is 365 g/mol. The third-order valence-corrected chi connectivity index (χ3v) is 6.03. The maximum Gasteiger partial charge on any atom is 0.332 e. The van der Waals surface area contributed by atoms with Gasteiger partial charge in [0.15, 0.2) is 0 Å². The van der Waals surface area contributed by atoms with Crippen molar-refractivity contribution in [1.29, 1.82) is 0 Å². The molecule has 3 amide bonds. The van der Waals surface area contributed by atoms with E-state index in [0.29, 0.717) is 18.7 Å². The van der Waals surface area contributed by atoms with E-state index in [0.717, 1.165) is 17.7 Å². The summed E-state index contributed by atoms with van der Waals surface area (Å²) in [6, 6.07) is 5.18. The maximum atomic E-state index is 12.6. The monoisotopic (exact) mass is 365 g/mol. The number of anilines is 1. The summed E-state index contributed by atoms with van der Waals surface area (Å²) in [4.78, 5) is 28.0. The smallest absolute Gasteiger partial charge is 0.312 e. The zero-order valence-electron chi connectivity index (χ0n) is 14.7. The lowest BCUT2D eigenvalue weighted by atomic mass is 10.0. The number of amides is 3. The maximum absolute atomic E-state index is 12.6. The van der Waals surface area contributed by atoms with Crippen LogP contribution in [0, 0.1) is 0 Å². The highest BCUT2D eigenvalue weighted by Gasteiger charge is 2.46. The lowest BCUT2D eigenvalue weighted by Crippen LogP contribution is -2.40. The standard InChI is InChI=1S/C17H23N3O4S/c1-17(2,3)18-25(23,24)13-8-6-7-12(11-13)20-15(21)14-9-4-5-10-19(14)16(20)22/h6-8,11,14,18H,4-5,9-10H2,1-3H3/t14-/m1/s1. The van der Waals surface area contributed by atoms with Crippen molar-refractivity contribution in [1.82, 2.24) is 9.62 Å². The van der Waals surface area contributed by atoms with Crippen LogP contribution in [0.4, 0.5) is 10.5 Å². The summed E-state index contributed by atoms with van der Waals surface area (Å²) in [5, 5.41) is 0. The first-order chi connectivity index (χ1) is 11.6. The van der Waals surface area contributed by atoms with Crippen molar-refractivity contribution in [2.24, 2.45) is 0 Å². The van der Waals surface area contributed by atoms with Crippen molar-refractivity contribution >= 4 is 27.6 Å². The van der Waals surface area contributed by atoms with Crippen molar-refractivity contribution in [2.75, 3.05) is 11.4 Å². The van der Waals surface area contributed by atoms with Crippen molar-refractivity contribution in [3.8, 4) is 0 Å². The predicted molar refractivity (Wildman–Crippen MR) is 93.7 cm³/mol. The molecule has 0 radical (unpaired) electrons. The lowest BCUT2D eigenvalue weighted by Gasteiger charge is -2.26. The summed E-state index contributed by atoms with van der Waals surface area (Å²) in [5.41, 5.74) is -0.337. The van der Waals surface area contributed by atoms with E-state index in [1.54, 1.807) is 37.8 Å². The first kappa shape index (κ1) is 17.9. The summed E-state index contributed by atoms with van der Waals surface area (Å²) in [5.74, 6) is -0.275. The van der Waals surface area contributed by atoms with Gasteiger partial charge < -0.3 is 4.90 Å². The van der Waals surface area contributed by atoms with Crippen molar-refractivity contribution in [3.63, 3.8) is 0 Å². The highest BCUT2D eigenvalue weighted by Crippen LogP contribution is 2.31. The average Bonchev–Trinajstić information content (AvgIpc) is 2.77. The number of urea groups is 1. The third kappa shape index (κ3) is 3.41. The van der Waals surface area contributed by atoms with Gasteiger partial charge in [-0.25, -0.2) is 22.8 Å². The molecule has 8 heteroatoms. The van der Waals surface area contributed by atoms with Gasteiger partial charge in [-0.15, -0.1) is 0 Å². The number of piperidine rings is 1. The van der Waals surface area contributed by atoms with Crippen LogP contribution in [0.15, 0.2) is 29.2 Å². The summed E-state index contributed by atoms with van der Waals surface area (Å²) in [6.45, 7) is 5.81. The molecule has 0 spiro atoms. The molecular formula is C17H23N3O4S. The number of benzene rings is 1. The number of hydrogen-bond acceptors (Lipinski definition) is 4. The van der Waals surface area contributed by atoms with Gasteiger partial charge >= 0.3 is 6.03 Å². The number of carbonyl (C=O) groups is 2. The van der Waals surface area contributed by atoms with Crippen molar-refractivity contribution in [3.05, 3.63) is 24.3 Å². The minimum atomic E-state index is -3.74. The van der Waals surface area contributed by atoms with E-state index in [2.05, 4.69) is 4.72 Å². The Kier molecular flexibility index (Phi) is 4.36. The Hall–Kier alpha value is -1.93. The van der Waals surface area contributed by atoms with E-state index in [-0.39, 0.29) is 16.8 Å². The zero-order valence-corrected chi connectivity index (χ0v) is 15.5. The third-order valence-electron chi connectivity index (χ3n) is 4.27. The second-order valence-electron chi connectivity index (χ2n) is 7.51. The SMILES string of the molecule is CC(C)(C)NS(=O)(=O)c1cccc(N2C(=O)[C@H]3CCCCN3C2=O)c1. The van der Waals surface area contributed by atoms with Gasteiger partial charge in [-0.3, -0.25) is 4.79 Å². The summed E-state index contributed by atoms with van der Waals surface area (Å²) >= 11 is 0. The Morgan fingerprint density at radius 3 is 2.52 bits per heavy atom. The molecule has 2 saturated heterocycles. The molecule has 7 nitrogen and oxygen atoms in total. The second-order valence-corrected chi connectivity index (χ2v) is 9.20. The van der Waals surface area contributed by atoms with Gasteiger partial charge in [-0.05, 0) is 58.2 Å². The number of carbonyl (C=O) groups excluding carboxylic acids is 2. The highest BCUT2D eigenvalue weighted by atomic mass is 32.2. The van der Waals surface area contributed by atoms with Crippen LogP contribution in [0.5, 0.6) is 0 Å². The fraction of sp³-hybridized carbons (Fsp3) is 0.529. The van der Waals surface area contributed by atoms with E-state index in [1.807, 2.05) is 0 Å². The van der Waals surface area contributed by atoms with Gasteiger partial charge in [-0.1, -0.05) is 6.07 Å². The summed E-state index contributed by atoms with van der Waals surface area (Å²) < 4.78 is 27.6. The Morgan fingerprint density at radius 1 is 1.16 bits per heavy atom. The molecule has 25 heavy (non-hydrogen) atoms.